The number of nitrogens with two attached hydrogens (primary N) is 2. The van der Waals surface area contributed by atoms with E-state index in [2.05, 4.69) is 12.1 Å². The van der Waals surface area contributed by atoms with Crippen molar-refractivity contribution in [3.8, 4) is 11.1 Å². The van der Waals surface area contributed by atoms with Gasteiger partial charge in [0, 0.05) is 16.9 Å². The fraction of sp³-hybridized carbons (Fsp3) is 0.143. The van der Waals surface area contributed by atoms with Gasteiger partial charge in [0.1, 0.15) is 0 Å². The van der Waals surface area contributed by atoms with Gasteiger partial charge in [0.25, 0.3) is 0 Å². The maximum atomic E-state index is 6.03. The van der Waals surface area contributed by atoms with Crippen molar-refractivity contribution in [3.63, 3.8) is 0 Å². The van der Waals surface area contributed by atoms with E-state index in [0.29, 0.717) is 0 Å². The summed E-state index contributed by atoms with van der Waals surface area (Å²) in [7, 11) is 0. The molecule has 82 valence electrons. The zero-order valence-corrected chi connectivity index (χ0v) is 9.62. The summed E-state index contributed by atoms with van der Waals surface area (Å²) in [6, 6.07) is 12.0. The fourth-order valence-corrected chi connectivity index (χ4v) is 1.92. The maximum Gasteiger partial charge on any atom is 0.0396 e. The first kappa shape index (κ1) is 10.6. The normalized spacial score (nSPS) is 10.4. The van der Waals surface area contributed by atoms with Gasteiger partial charge in [-0.3, -0.25) is 0 Å². The molecule has 0 bridgehead atoms. The molecule has 2 aromatic rings. The molecule has 4 N–H and O–H groups in total. The zero-order valence-electron chi connectivity index (χ0n) is 9.62. The molecule has 0 amide bonds. The van der Waals surface area contributed by atoms with Gasteiger partial charge in [-0.15, -0.1) is 0 Å². The van der Waals surface area contributed by atoms with Crippen LogP contribution >= 0.6 is 0 Å². The van der Waals surface area contributed by atoms with Crippen LogP contribution in [0.3, 0.4) is 0 Å². The second kappa shape index (κ2) is 3.89. The van der Waals surface area contributed by atoms with Crippen LogP contribution in [0.4, 0.5) is 11.4 Å². The highest BCUT2D eigenvalue weighted by Gasteiger charge is 2.05. The highest BCUT2D eigenvalue weighted by Crippen LogP contribution is 2.30. The second-order valence-corrected chi connectivity index (χ2v) is 4.17. The lowest BCUT2D eigenvalue weighted by Crippen LogP contribution is -1.94. The monoisotopic (exact) mass is 212 g/mol. The molecule has 2 nitrogen and oxygen atoms in total. The first-order valence-electron chi connectivity index (χ1n) is 5.30. The molecule has 0 aromatic heterocycles. The summed E-state index contributed by atoms with van der Waals surface area (Å²) < 4.78 is 0. The van der Waals surface area contributed by atoms with E-state index in [1.807, 2.05) is 38.1 Å². The van der Waals surface area contributed by atoms with E-state index >= 15 is 0 Å². The summed E-state index contributed by atoms with van der Waals surface area (Å²) in [4.78, 5) is 0. The number of hydrogen-bond donors (Lipinski definition) is 2. The van der Waals surface area contributed by atoms with Gasteiger partial charge < -0.3 is 11.5 Å². The topological polar surface area (TPSA) is 52.0 Å². The van der Waals surface area contributed by atoms with Gasteiger partial charge in [-0.05, 0) is 48.7 Å². The smallest absolute Gasteiger partial charge is 0.0396 e. The Morgan fingerprint density at radius 3 is 2.12 bits per heavy atom. The first-order valence-corrected chi connectivity index (χ1v) is 5.30. The lowest BCUT2D eigenvalue weighted by molar-refractivity contribution is 1.43. The van der Waals surface area contributed by atoms with Crippen LogP contribution in [0.2, 0.25) is 0 Å². The Hall–Kier alpha value is -1.96. The fourth-order valence-electron chi connectivity index (χ4n) is 1.92. The maximum absolute atomic E-state index is 6.03. The molecule has 0 heterocycles. The number of aryl methyl sites for hydroxylation is 2. The predicted molar refractivity (Wildman–Crippen MR) is 70.2 cm³/mol. The molecule has 0 atom stereocenters. The molecular formula is C14H16N2. The van der Waals surface area contributed by atoms with Crippen molar-refractivity contribution < 1.29 is 0 Å². The highest BCUT2D eigenvalue weighted by atomic mass is 14.6. The van der Waals surface area contributed by atoms with Gasteiger partial charge in [0.05, 0.1) is 0 Å². The van der Waals surface area contributed by atoms with Crippen LogP contribution < -0.4 is 11.5 Å². The Labute approximate surface area is 95.9 Å². The van der Waals surface area contributed by atoms with E-state index < -0.39 is 0 Å². The van der Waals surface area contributed by atoms with Gasteiger partial charge in [-0.2, -0.15) is 0 Å². The van der Waals surface area contributed by atoms with Crippen molar-refractivity contribution >= 4 is 11.4 Å². The molecule has 0 aliphatic rings. The highest BCUT2D eigenvalue weighted by molar-refractivity contribution is 5.79. The minimum Gasteiger partial charge on any atom is -0.399 e. The van der Waals surface area contributed by atoms with Crippen LogP contribution in [-0.4, -0.2) is 0 Å². The molecular weight excluding hydrogens is 196 g/mol. The number of hydrogen-bond acceptors (Lipinski definition) is 2. The van der Waals surface area contributed by atoms with E-state index in [0.717, 1.165) is 28.1 Å². The molecule has 0 aliphatic heterocycles. The van der Waals surface area contributed by atoms with Crippen LogP contribution in [0.15, 0.2) is 36.4 Å². The predicted octanol–water partition coefficient (Wildman–Crippen LogP) is 3.13. The zero-order chi connectivity index (χ0) is 11.7. The lowest BCUT2D eigenvalue weighted by atomic mass is 9.97. The molecule has 0 saturated heterocycles. The molecule has 0 spiro atoms. The van der Waals surface area contributed by atoms with Gasteiger partial charge in [0.2, 0.25) is 0 Å². The minimum atomic E-state index is 0.784. The number of anilines is 2. The van der Waals surface area contributed by atoms with Crippen LogP contribution in [-0.2, 0) is 0 Å². The van der Waals surface area contributed by atoms with Crippen LogP contribution in [0.5, 0.6) is 0 Å². The van der Waals surface area contributed by atoms with Crippen LogP contribution in [0.25, 0.3) is 11.1 Å². The Balaban J connectivity index is 2.59. The molecule has 0 aliphatic carbocycles. The molecule has 0 fully saturated rings. The third kappa shape index (κ3) is 1.87. The van der Waals surface area contributed by atoms with Crippen molar-refractivity contribution in [2.45, 2.75) is 13.8 Å². The molecule has 0 radical (unpaired) electrons. The van der Waals surface area contributed by atoms with E-state index in [4.69, 9.17) is 11.5 Å². The van der Waals surface area contributed by atoms with Crippen molar-refractivity contribution in [3.05, 3.63) is 47.5 Å². The number of nitrogen functional groups attached to an aromatic ring is 2. The van der Waals surface area contributed by atoms with E-state index in [-0.39, 0.29) is 0 Å². The second-order valence-electron chi connectivity index (χ2n) is 4.17. The Kier molecular flexibility index (Phi) is 2.57. The molecule has 0 saturated carbocycles. The summed E-state index contributed by atoms with van der Waals surface area (Å²) in [5.74, 6) is 0. The van der Waals surface area contributed by atoms with E-state index in [1.165, 1.54) is 5.56 Å². The van der Waals surface area contributed by atoms with Crippen molar-refractivity contribution in [1.82, 2.24) is 0 Å². The Morgan fingerprint density at radius 2 is 1.50 bits per heavy atom. The van der Waals surface area contributed by atoms with Crippen LogP contribution in [0, 0.1) is 13.8 Å². The number of benzene rings is 2. The largest absolute Gasteiger partial charge is 0.399 e. The molecule has 2 heteroatoms. The minimum absolute atomic E-state index is 0.784. The Bertz CT molecular complexity index is 481. The third-order valence-electron chi connectivity index (χ3n) is 2.75. The molecule has 16 heavy (non-hydrogen) atoms. The van der Waals surface area contributed by atoms with Gasteiger partial charge in [-0.1, -0.05) is 18.2 Å². The summed E-state index contributed by atoms with van der Waals surface area (Å²) in [6.07, 6.45) is 0. The van der Waals surface area contributed by atoms with Crippen molar-refractivity contribution in [2.24, 2.45) is 0 Å². The molecule has 2 rings (SSSR count). The Morgan fingerprint density at radius 1 is 0.812 bits per heavy atom. The van der Waals surface area contributed by atoms with Crippen molar-refractivity contribution in [2.75, 3.05) is 11.5 Å². The van der Waals surface area contributed by atoms with E-state index in [1.54, 1.807) is 0 Å². The summed E-state index contributed by atoms with van der Waals surface area (Å²) >= 11 is 0. The third-order valence-corrected chi connectivity index (χ3v) is 2.75. The van der Waals surface area contributed by atoms with Gasteiger partial charge >= 0.3 is 0 Å². The average Bonchev–Trinajstić information content (AvgIpc) is 2.19. The first-order chi connectivity index (χ1) is 7.58. The molecule has 2 aromatic carbocycles. The van der Waals surface area contributed by atoms with E-state index in [9.17, 15) is 0 Å². The van der Waals surface area contributed by atoms with Crippen molar-refractivity contribution in [1.29, 1.82) is 0 Å². The summed E-state index contributed by atoms with van der Waals surface area (Å²) in [5.41, 5.74) is 17.9. The number of rotatable bonds is 1. The summed E-state index contributed by atoms with van der Waals surface area (Å²) in [6.45, 7) is 4.08. The lowest BCUT2D eigenvalue weighted by Gasteiger charge is -2.10. The average molecular weight is 212 g/mol. The summed E-state index contributed by atoms with van der Waals surface area (Å²) in [5, 5.41) is 0. The quantitative estimate of drug-likeness (QED) is 0.713. The molecule has 0 unspecified atom stereocenters. The van der Waals surface area contributed by atoms with Gasteiger partial charge in [0.15, 0.2) is 0 Å². The standard InChI is InChI=1S/C14H16N2/c1-9-3-5-13(14(16)7-9)12-6-4-11(15)8-10(12)2/h3-8H,15-16H2,1-2H3. The van der Waals surface area contributed by atoms with Gasteiger partial charge in [-0.25, -0.2) is 0 Å². The van der Waals surface area contributed by atoms with Crippen LogP contribution in [0.1, 0.15) is 11.1 Å². The SMILES string of the molecule is Cc1ccc(-c2ccc(N)cc2C)c(N)c1.